The molecule has 2 aromatic heterocycles. The Labute approximate surface area is 317 Å². The summed E-state index contributed by atoms with van der Waals surface area (Å²) in [6.45, 7) is 9.72. The van der Waals surface area contributed by atoms with Gasteiger partial charge in [-0.05, 0) is 81.6 Å². The van der Waals surface area contributed by atoms with E-state index in [9.17, 15) is 24.8 Å². The molecule has 3 aromatic carbocycles. The maximum absolute atomic E-state index is 13.6. The van der Waals surface area contributed by atoms with Crippen LogP contribution in [-0.2, 0) is 36.1 Å². The average Bonchev–Trinajstić information content (AvgIpc) is 3.86. The van der Waals surface area contributed by atoms with Gasteiger partial charge < -0.3 is 29.0 Å². The molecule has 1 saturated heterocycles. The van der Waals surface area contributed by atoms with E-state index < -0.39 is 29.5 Å². The number of carbonyl (C=O) groups is 3. The number of nitrogens with zero attached hydrogens (tertiary/aromatic N) is 6. The lowest BCUT2D eigenvalue weighted by Crippen LogP contribution is -2.40. The highest BCUT2D eigenvalue weighted by atomic mass is 35.5. The zero-order chi connectivity index (χ0) is 38.5. The number of nitriles is 1. The third-order valence-electron chi connectivity index (χ3n) is 9.91. The number of nitrogens with one attached hydrogen (secondary N) is 1. The Morgan fingerprint density at radius 3 is 2.56 bits per heavy atom. The van der Waals surface area contributed by atoms with Gasteiger partial charge in [-0.1, -0.05) is 35.9 Å². The van der Waals surface area contributed by atoms with Crippen LogP contribution in [0.25, 0.3) is 33.7 Å². The van der Waals surface area contributed by atoms with Crippen LogP contribution in [0, 0.1) is 24.2 Å². The summed E-state index contributed by atoms with van der Waals surface area (Å²) in [5.41, 5.74) is 6.45. The van der Waals surface area contributed by atoms with Crippen LogP contribution >= 0.6 is 11.6 Å². The second-order valence-corrected chi connectivity index (χ2v) is 15.2. The van der Waals surface area contributed by atoms with E-state index >= 15 is 0 Å². The molecule has 1 atom stereocenters. The van der Waals surface area contributed by atoms with E-state index in [0.29, 0.717) is 89.1 Å². The fourth-order valence-electron chi connectivity index (χ4n) is 7.20. The first-order chi connectivity index (χ1) is 25.7. The van der Waals surface area contributed by atoms with E-state index in [4.69, 9.17) is 25.7 Å². The van der Waals surface area contributed by atoms with E-state index in [0.717, 1.165) is 22.4 Å². The van der Waals surface area contributed by atoms with E-state index in [1.54, 1.807) is 28.6 Å². The zero-order valence-corrected chi connectivity index (χ0v) is 31.5. The monoisotopic (exact) mass is 749 g/mol. The standard InChI is InChI=1S/C40H40ClN7O6/c1-22-26(8-6-9-27(22)37-45-30-17-23(16-25(18-42)34(30)53-37)19-47-14-12-24(20-47)38(50)51)28-10-7-11-29(33(28)41)44-36(49)35-43-31-21-48(15-13-32(31)46(35)5)39(52)54-40(2,3)4/h6-11,16-17,24H,12-15,19-21H2,1-5H3,(H,44,49)(H,50,51)/t24-/m0/s1. The number of aromatic nitrogens is 3. The quantitative estimate of drug-likeness (QED) is 0.174. The number of anilines is 1. The fraction of sp³-hybridized carbons (Fsp3) is 0.350. The topological polar surface area (TPSA) is 167 Å². The van der Waals surface area contributed by atoms with Crippen LogP contribution in [0.1, 0.15) is 65.9 Å². The first-order valence-electron chi connectivity index (χ1n) is 17.7. The number of imidazole rings is 1. The second kappa shape index (κ2) is 14.3. The predicted octanol–water partition coefficient (Wildman–Crippen LogP) is 7.18. The molecule has 0 bridgehead atoms. The highest BCUT2D eigenvalue weighted by Gasteiger charge is 2.31. The number of oxazole rings is 1. The summed E-state index contributed by atoms with van der Waals surface area (Å²) in [6.07, 6.45) is 0.704. The number of hydrogen-bond donors (Lipinski definition) is 2. The van der Waals surface area contributed by atoms with Gasteiger partial charge in [0.25, 0.3) is 5.91 Å². The van der Waals surface area contributed by atoms with Crippen molar-refractivity contribution < 1.29 is 28.6 Å². The number of benzene rings is 3. The molecule has 54 heavy (non-hydrogen) atoms. The number of rotatable bonds is 7. The second-order valence-electron chi connectivity index (χ2n) is 14.8. The van der Waals surface area contributed by atoms with Crippen molar-refractivity contribution in [2.75, 3.05) is 25.0 Å². The van der Waals surface area contributed by atoms with Crippen LogP contribution in [0.3, 0.4) is 0 Å². The normalized spacial score (nSPS) is 15.9. The highest BCUT2D eigenvalue weighted by Crippen LogP contribution is 2.39. The van der Waals surface area contributed by atoms with Gasteiger partial charge in [0.05, 0.1) is 34.4 Å². The lowest BCUT2D eigenvalue weighted by atomic mass is 9.96. The predicted molar refractivity (Wildman–Crippen MR) is 202 cm³/mol. The summed E-state index contributed by atoms with van der Waals surface area (Å²) in [4.78, 5) is 50.8. The Kier molecular flexibility index (Phi) is 9.68. The lowest BCUT2D eigenvalue weighted by Gasteiger charge is -2.29. The molecule has 13 nitrogen and oxygen atoms in total. The molecule has 0 radical (unpaired) electrons. The number of ether oxygens (including phenoxy) is 1. The minimum atomic E-state index is -0.791. The minimum Gasteiger partial charge on any atom is -0.481 e. The SMILES string of the molecule is Cc1c(-c2nc3cc(CN4CC[C@H](C(=O)O)C4)cc(C#N)c3o2)cccc1-c1cccc(NC(=O)c2nc3c(n2C)CCN(C(=O)OC(C)(C)C)C3)c1Cl. The first kappa shape index (κ1) is 36.6. The third kappa shape index (κ3) is 7.14. The van der Waals surface area contributed by atoms with Gasteiger partial charge >= 0.3 is 12.1 Å². The fourth-order valence-corrected chi connectivity index (χ4v) is 7.48. The molecule has 14 heteroatoms. The number of likely N-dealkylation sites (tertiary alicyclic amines) is 1. The van der Waals surface area contributed by atoms with Gasteiger partial charge in [0.2, 0.25) is 5.89 Å². The van der Waals surface area contributed by atoms with Gasteiger partial charge in [0.1, 0.15) is 17.2 Å². The average molecular weight is 750 g/mol. The first-order valence-corrected chi connectivity index (χ1v) is 18.1. The number of hydrogen-bond acceptors (Lipinski definition) is 9. The number of aliphatic carboxylic acids is 1. The van der Waals surface area contributed by atoms with Gasteiger partial charge in [-0.3, -0.25) is 14.5 Å². The molecule has 2 aliphatic rings. The number of carbonyl (C=O) groups excluding carboxylic acids is 2. The molecule has 278 valence electrons. The van der Waals surface area contributed by atoms with Crippen LogP contribution < -0.4 is 5.32 Å². The molecule has 7 rings (SSSR count). The Morgan fingerprint density at radius 1 is 1.09 bits per heavy atom. The van der Waals surface area contributed by atoms with Crippen molar-refractivity contribution in [2.24, 2.45) is 13.0 Å². The molecule has 5 aromatic rings. The Morgan fingerprint density at radius 2 is 1.83 bits per heavy atom. The van der Waals surface area contributed by atoms with Gasteiger partial charge in [-0.2, -0.15) is 5.26 Å². The molecule has 0 spiro atoms. The third-order valence-corrected chi connectivity index (χ3v) is 10.3. The van der Waals surface area contributed by atoms with Gasteiger partial charge in [-0.25, -0.2) is 14.8 Å². The maximum atomic E-state index is 13.6. The zero-order valence-electron chi connectivity index (χ0n) is 30.7. The summed E-state index contributed by atoms with van der Waals surface area (Å²) in [6, 6.07) is 17.0. The molecular weight excluding hydrogens is 710 g/mol. The number of amides is 2. The van der Waals surface area contributed by atoms with Crippen LogP contribution in [-0.4, -0.2) is 72.6 Å². The summed E-state index contributed by atoms with van der Waals surface area (Å²) in [5, 5.41) is 22.6. The van der Waals surface area contributed by atoms with Crippen molar-refractivity contribution in [3.63, 3.8) is 0 Å². The van der Waals surface area contributed by atoms with E-state index in [-0.39, 0.29) is 12.4 Å². The lowest BCUT2D eigenvalue weighted by molar-refractivity contribution is -0.141. The van der Waals surface area contributed by atoms with Crippen LogP contribution in [0.4, 0.5) is 10.5 Å². The minimum absolute atomic E-state index is 0.200. The van der Waals surface area contributed by atoms with Gasteiger partial charge in [0, 0.05) is 49.9 Å². The summed E-state index contributed by atoms with van der Waals surface area (Å²) in [5.74, 6) is -1.08. The molecule has 2 N–H and O–H groups in total. The molecule has 0 unspecified atom stereocenters. The molecule has 2 amide bonds. The molecular formula is C40H40ClN7O6. The molecule has 0 saturated carbocycles. The Balaban J connectivity index is 1.12. The van der Waals surface area contributed by atoms with Crippen LogP contribution in [0.5, 0.6) is 0 Å². The summed E-state index contributed by atoms with van der Waals surface area (Å²) >= 11 is 7.00. The summed E-state index contributed by atoms with van der Waals surface area (Å²) in [7, 11) is 1.78. The molecule has 0 aliphatic carbocycles. The largest absolute Gasteiger partial charge is 0.481 e. The number of fused-ring (bicyclic) bond motifs is 2. The number of carboxylic acids is 1. The van der Waals surface area contributed by atoms with E-state index in [2.05, 4.69) is 21.3 Å². The van der Waals surface area contributed by atoms with Crippen molar-refractivity contribution in [1.29, 1.82) is 5.26 Å². The van der Waals surface area contributed by atoms with Gasteiger partial charge in [0.15, 0.2) is 11.4 Å². The smallest absolute Gasteiger partial charge is 0.410 e. The molecule has 1 fully saturated rings. The Hall–Kier alpha value is -5.71. The highest BCUT2D eigenvalue weighted by molar-refractivity contribution is 6.36. The summed E-state index contributed by atoms with van der Waals surface area (Å²) < 4.78 is 13.5. The van der Waals surface area contributed by atoms with Crippen LogP contribution in [0.15, 0.2) is 52.9 Å². The van der Waals surface area contributed by atoms with Crippen molar-refractivity contribution in [3.8, 4) is 28.7 Å². The Bertz CT molecular complexity index is 2370. The van der Waals surface area contributed by atoms with Crippen LogP contribution in [0.2, 0.25) is 5.02 Å². The maximum Gasteiger partial charge on any atom is 0.410 e. The molecule has 4 heterocycles. The van der Waals surface area contributed by atoms with E-state index in [1.807, 2.05) is 64.1 Å². The molecule has 2 aliphatic heterocycles. The van der Waals surface area contributed by atoms with Crippen molar-refractivity contribution in [2.45, 2.75) is 59.2 Å². The number of carboxylic acid groups (broad SMARTS) is 1. The van der Waals surface area contributed by atoms with Crippen molar-refractivity contribution in [1.82, 2.24) is 24.3 Å². The number of halogens is 1. The van der Waals surface area contributed by atoms with Gasteiger partial charge in [-0.15, -0.1) is 0 Å². The van der Waals surface area contributed by atoms with E-state index in [1.165, 1.54) is 0 Å². The van der Waals surface area contributed by atoms with Crippen molar-refractivity contribution in [3.05, 3.63) is 87.5 Å². The van der Waals surface area contributed by atoms with Crippen molar-refractivity contribution >= 4 is 46.4 Å².